The molecule has 0 aliphatic heterocycles. The molecule has 0 amide bonds. The molecular formula is C26H28N4. The molecule has 8 rings (SSSR count). The van der Waals surface area contributed by atoms with E-state index in [1.807, 2.05) is 0 Å². The smallest absolute Gasteiger partial charge is 0.0560 e. The van der Waals surface area contributed by atoms with Gasteiger partial charge in [0, 0.05) is 47.6 Å². The van der Waals surface area contributed by atoms with Crippen molar-refractivity contribution in [3.8, 4) is 0 Å². The molecule has 0 radical (unpaired) electrons. The van der Waals surface area contributed by atoms with Crippen LogP contribution in [0.25, 0.3) is 0 Å². The summed E-state index contributed by atoms with van der Waals surface area (Å²) in [5.74, 6) is 2.65. The Balaban J connectivity index is 1.41. The molecule has 152 valence electrons. The lowest BCUT2D eigenvalue weighted by Gasteiger charge is -2.67. The highest BCUT2D eigenvalue weighted by Gasteiger charge is 2.68. The summed E-state index contributed by atoms with van der Waals surface area (Å²) < 4.78 is 0. The lowest BCUT2D eigenvalue weighted by molar-refractivity contribution is -0.0933. The first-order valence-electron chi connectivity index (χ1n) is 11.4. The van der Waals surface area contributed by atoms with Gasteiger partial charge in [-0.2, -0.15) is 0 Å². The fraction of sp³-hybridized carbons (Fsp3) is 0.385. The molecule has 4 saturated carbocycles. The van der Waals surface area contributed by atoms with Crippen LogP contribution in [0.2, 0.25) is 0 Å². The molecule has 4 fully saturated rings. The molecule has 30 heavy (non-hydrogen) atoms. The fourth-order valence-corrected chi connectivity index (χ4v) is 8.31. The minimum atomic E-state index is 0.0949. The molecule has 0 saturated heterocycles. The molecule has 4 nitrogen and oxygen atoms in total. The summed E-state index contributed by atoms with van der Waals surface area (Å²) in [5, 5.41) is 0. The Labute approximate surface area is 176 Å². The zero-order valence-electron chi connectivity index (χ0n) is 17.1. The largest absolute Gasteiger partial charge is 0.364 e. The van der Waals surface area contributed by atoms with Crippen LogP contribution in [0.1, 0.15) is 48.5 Å². The van der Waals surface area contributed by atoms with Crippen molar-refractivity contribution in [1.29, 1.82) is 0 Å². The Kier molecular flexibility index (Phi) is 3.28. The molecule has 4 aliphatic rings. The summed E-state index contributed by atoms with van der Waals surface area (Å²) in [6, 6.07) is 18.0. The average molecular weight is 397 g/mol. The molecule has 4 heteroatoms. The Bertz CT molecular complexity index is 925. The minimum absolute atomic E-state index is 0.0949. The van der Waals surface area contributed by atoms with Gasteiger partial charge in [-0.25, -0.2) is 0 Å². The number of hydrogen-bond acceptors (Lipinski definition) is 0. The van der Waals surface area contributed by atoms with E-state index in [9.17, 15) is 0 Å². The van der Waals surface area contributed by atoms with E-state index in [2.05, 4.69) is 93.3 Å². The third-order valence-electron chi connectivity index (χ3n) is 9.03. The standard InChI is InChI=1S/C26H28N4/c1-5-21(27-9-1)25(22-6-2-10-28-22)17-13-19-15-18(25)16-20(14-17)26(19,23-7-3-11-29-23)24-8-4-12-30-24/h1-12,17-20,27-30H,13-16H2. The third kappa shape index (κ3) is 1.84. The molecule has 0 atom stereocenters. The zero-order valence-corrected chi connectivity index (χ0v) is 17.1. The molecule has 4 aromatic heterocycles. The van der Waals surface area contributed by atoms with Gasteiger partial charge in [-0.3, -0.25) is 0 Å². The number of aromatic nitrogens is 4. The van der Waals surface area contributed by atoms with Crippen molar-refractivity contribution in [3.63, 3.8) is 0 Å². The fourth-order valence-electron chi connectivity index (χ4n) is 8.31. The lowest BCUT2D eigenvalue weighted by atomic mass is 9.36. The molecule has 4 aromatic rings. The summed E-state index contributed by atoms with van der Waals surface area (Å²) in [4.78, 5) is 14.6. The van der Waals surface area contributed by atoms with Crippen LogP contribution in [0.5, 0.6) is 0 Å². The van der Waals surface area contributed by atoms with Crippen molar-refractivity contribution in [3.05, 3.63) is 96.1 Å². The predicted octanol–water partition coefficient (Wildman–Crippen LogP) is 5.34. The maximum absolute atomic E-state index is 3.64. The quantitative estimate of drug-likeness (QED) is 0.360. The van der Waals surface area contributed by atoms with E-state index in [4.69, 9.17) is 0 Å². The SMILES string of the molecule is c1c[nH]c(C2(c3ccc[nH]3)C3CC4CC2CC(C3)C4(c2ccc[nH]2)c2ccc[nH]2)c1. The highest BCUT2D eigenvalue weighted by atomic mass is 14.9. The maximum atomic E-state index is 3.64. The lowest BCUT2D eigenvalue weighted by Crippen LogP contribution is -2.65. The highest BCUT2D eigenvalue weighted by Crippen LogP contribution is 2.71. The first kappa shape index (κ1) is 16.9. The van der Waals surface area contributed by atoms with Gasteiger partial charge in [0.15, 0.2) is 0 Å². The number of nitrogens with one attached hydrogen (secondary N) is 4. The van der Waals surface area contributed by atoms with Crippen LogP contribution in [0.15, 0.2) is 73.3 Å². The van der Waals surface area contributed by atoms with Gasteiger partial charge in [0.05, 0.1) is 10.8 Å². The monoisotopic (exact) mass is 396 g/mol. The Morgan fingerprint density at radius 1 is 0.467 bits per heavy atom. The third-order valence-corrected chi connectivity index (χ3v) is 9.03. The minimum Gasteiger partial charge on any atom is -0.364 e. The van der Waals surface area contributed by atoms with Crippen LogP contribution in [0, 0.1) is 23.7 Å². The van der Waals surface area contributed by atoms with Gasteiger partial charge in [0.2, 0.25) is 0 Å². The Morgan fingerprint density at radius 2 is 0.733 bits per heavy atom. The molecule has 0 aromatic carbocycles. The van der Waals surface area contributed by atoms with Crippen LogP contribution in [0.4, 0.5) is 0 Å². The Hall–Kier alpha value is -2.88. The molecule has 0 spiro atoms. The summed E-state index contributed by atoms with van der Waals surface area (Å²) in [7, 11) is 0. The van der Waals surface area contributed by atoms with Crippen molar-refractivity contribution in [2.24, 2.45) is 23.7 Å². The number of H-pyrrole nitrogens is 4. The van der Waals surface area contributed by atoms with Crippen molar-refractivity contribution in [2.75, 3.05) is 0 Å². The Morgan fingerprint density at radius 3 is 0.933 bits per heavy atom. The van der Waals surface area contributed by atoms with Gasteiger partial charge in [-0.1, -0.05) is 0 Å². The van der Waals surface area contributed by atoms with Crippen LogP contribution >= 0.6 is 0 Å². The van der Waals surface area contributed by atoms with E-state index in [1.165, 1.54) is 48.5 Å². The molecule has 4 aliphatic carbocycles. The molecular weight excluding hydrogens is 368 g/mol. The summed E-state index contributed by atoms with van der Waals surface area (Å²) >= 11 is 0. The van der Waals surface area contributed by atoms with Gasteiger partial charge >= 0.3 is 0 Å². The van der Waals surface area contributed by atoms with Crippen molar-refractivity contribution in [2.45, 2.75) is 36.5 Å². The van der Waals surface area contributed by atoms with E-state index >= 15 is 0 Å². The van der Waals surface area contributed by atoms with Crippen LogP contribution in [-0.2, 0) is 10.8 Å². The van der Waals surface area contributed by atoms with E-state index in [1.54, 1.807) is 0 Å². The van der Waals surface area contributed by atoms with Gasteiger partial charge in [-0.15, -0.1) is 0 Å². The van der Waals surface area contributed by atoms with Crippen LogP contribution in [0.3, 0.4) is 0 Å². The van der Waals surface area contributed by atoms with Gasteiger partial charge in [0.25, 0.3) is 0 Å². The van der Waals surface area contributed by atoms with Crippen LogP contribution in [-0.4, -0.2) is 19.9 Å². The molecule has 0 unspecified atom stereocenters. The van der Waals surface area contributed by atoms with Crippen molar-refractivity contribution < 1.29 is 0 Å². The zero-order chi connectivity index (χ0) is 19.8. The van der Waals surface area contributed by atoms with Crippen molar-refractivity contribution >= 4 is 0 Å². The normalized spacial score (nSPS) is 30.7. The second-order valence-electron chi connectivity index (χ2n) is 9.80. The van der Waals surface area contributed by atoms with E-state index in [0.29, 0.717) is 23.7 Å². The average Bonchev–Trinajstić information content (AvgIpc) is 3.58. The summed E-state index contributed by atoms with van der Waals surface area (Å²) in [6.07, 6.45) is 13.5. The number of rotatable bonds is 4. The van der Waals surface area contributed by atoms with Gasteiger partial charge in [0.1, 0.15) is 0 Å². The van der Waals surface area contributed by atoms with E-state index < -0.39 is 0 Å². The predicted molar refractivity (Wildman–Crippen MR) is 117 cm³/mol. The second-order valence-corrected chi connectivity index (χ2v) is 9.80. The molecule has 4 bridgehead atoms. The second kappa shape index (κ2) is 5.84. The topological polar surface area (TPSA) is 63.2 Å². The molecule has 4 N–H and O–H groups in total. The van der Waals surface area contributed by atoms with Gasteiger partial charge < -0.3 is 19.9 Å². The highest BCUT2D eigenvalue weighted by molar-refractivity contribution is 5.44. The summed E-state index contributed by atoms with van der Waals surface area (Å²) in [5.41, 5.74) is 5.82. The maximum Gasteiger partial charge on any atom is 0.0560 e. The first-order valence-corrected chi connectivity index (χ1v) is 11.4. The van der Waals surface area contributed by atoms with Crippen LogP contribution < -0.4 is 0 Å². The van der Waals surface area contributed by atoms with Gasteiger partial charge in [-0.05, 0) is 97.9 Å². The van der Waals surface area contributed by atoms with E-state index in [0.717, 1.165) is 0 Å². The number of hydrogen-bond donors (Lipinski definition) is 4. The summed E-state index contributed by atoms with van der Waals surface area (Å²) in [6.45, 7) is 0. The molecule has 4 heterocycles. The first-order chi connectivity index (χ1) is 14.8. The van der Waals surface area contributed by atoms with Crippen molar-refractivity contribution in [1.82, 2.24) is 19.9 Å². The van der Waals surface area contributed by atoms with E-state index in [-0.39, 0.29) is 10.8 Å². The number of aromatic amines is 4.